The fourth-order valence-corrected chi connectivity index (χ4v) is 2.87. The molecule has 0 bridgehead atoms. The molecular formula is C14H9F5NOS-. The van der Waals surface area contributed by atoms with E-state index < -0.39 is 21.0 Å². The Morgan fingerprint density at radius 2 is 1.64 bits per heavy atom. The third kappa shape index (κ3) is 2.61. The molecule has 1 aromatic heterocycles. The molecule has 3 rings (SSSR count). The molecule has 0 unspecified atom stereocenters. The van der Waals surface area contributed by atoms with Crippen molar-refractivity contribution in [2.75, 3.05) is 0 Å². The molecule has 0 spiro atoms. The van der Waals surface area contributed by atoms with Crippen LogP contribution in [-0.4, -0.2) is 4.98 Å². The van der Waals surface area contributed by atoms with E-state index in [1.807, 2.05) is 0 Å². The van der Waals surface area contributed by atoms with Crippen molar-refractivity contribution < 1.29 is 24.5 Å². The van der Waals surface area contributed by atoms with Crippen molar-refractivity contribution in [3.8, 4) is 5.88 Å². The summed E-state index contributed by atoms with van der Waals surface area (Å²) in [5, 5.41) is 11.7. The Bertz CT molecular complexity index is 861. The first-order valence-electron chi connectivity index (χ1n) is 6.07. The van der Waals surface area contributed by atoms with Crippen LogP contribution in [0.2, 0.25) is 0 Å². The molecule has 0 aliphatic heterocycles. The van der Waals surface area contributed by atoms with Crippen LogP contribution in [-0.2, 0) is 0 Å². The quantitative estimate of drug-likeness (QED) is 0.733. The summed E-state index contributed by atoms with van der Waals surface area (Å²) in [5.41, 5.74) is 0.592. The van der Waals surface area contributed by atoms with Gasteiger partial charge in [-0.3, -0.25) is 0 Å². The van der Waals surface area contributed by atoms with Crippen LogP contribution < -0.4 is 5.11 Å². The molecule has 0 atom stereocenters. The smallest absolute Gasteiger partial charge is 0.310 e. The topological polar surface area (TPSA) is 38.8 Å². The van der Waals surface area contributed by atoms with Gasteiger partial charge in [-0.25, -0.2) is 0 Å². The van der Waals surface area contributed by atoms with Crippen LogP contribution in [0.5, 0.6) is 5.88 Å². The van der Waals surface area contributed by atoms with Crippen molar-refractivity contribution in [3.63, 3.8) is 0 Å². The second-order valence-electron chi connectivity index (χ2n) is 4.91. The van der Waals surface area contributed by atoms with Gasteiger partial charge in [0.1, 0.15) is 4.90 Å². The van der Waals surface area contributed by atoms with Gasteiger partial charge >= 0.3 is 10.2 Å². The van der Waals surface area contributed by atoms with Gasteiger partial charge in [0.15, 0.2) is 0 Å². The van der Waals surface area contributed by atoms with Crippen molar-refractivity contribution in [2.45, 2.75) is 4.90 Å². The molecule has 1 aliphatic carbocycles. The lowest BCUT2D eigenvalue weighted by atomic mass is 10.1. The van der Waals surface area contributed by atoms with E-state index in [0.717, 1.165) is 6.07 Å². The van der Waals surface area contributed by atoms with Gasteiger partial charge < -0.3 is 10.1 Å². The standard InChI is InChI=1S/C14H10F5NOS/c15-22(16,17,18,19)10-5-6-13-11(8-10)12(14(21)20-13)7-9-3-1-2-4-9/h1-8,20-21H/p-1. The minimum absolute atomic E-state index is 0.0772. The summed E-state index contributed by atoms with van der Waals surface area (Å²) in [6, 6.07) is 1.45. The second kappa shape index (κ2) is 3.75. The van der Waals surface area contributed by atoms with Crippen LogP contribution in [0.15, 0.2) is 53.0 Å². The Labute approximate surface area is 122 Å². The zero-order valence-corrected chi connectivity index (χ0v) is 11.6. The Hall–Kier alpha value is -2.22. The SMILES string of the molecule is [O-]c1[nH]c2ccc(S(F)(F)(F)(F)F)cc2c1C=C1C=CC=C1. The number of benzene rings is 1. The second-order valence-corrected chi connectivity index (χ2v) is 7.32. The fraction of sp³-hybridized carbons (Fsp3) is 0. The van der Waals surface area contributed by atoms with Gasteiger partial charge in [0, 0.05) is 10.9 Å². The van der Waals surface area contributed by atoms with Gasteiger partial charge in [-0.15, -0.1) is 0 Å². The molecule has 8 heteroatoms. The first kappa shape index (κ1) is 14.7. The van der Waals surface area contributed by atoms with Crippen molar-refractivity contribution in [2.24, 2.45) is 0 Å². The number of allylic oxidation sites excluding steroid dienone is 5. The van der Waals surface area contributed by atoms with E-state index in [-0.39, 0.29) is 22.5 Å². The number of aromatic nitrogens is 1. The first-order chi connectivity index (χ1) is 9.94. The number of aromatic amines is 1. The van der Waals surface area contributed by atoms with E-state index in [9.17, 15) is 24.5 Å². The van der Waals surface area contributed by atoms with E-state index >= 15 is 0 Å². The monoisotopic (exact) mass is 334 g/mol. The lowest BCUT2D eigenvalue weighted by Gasteiger charge is -2.40. The summed E-state index contributed by atoms with van der Waals surface area (Å²) in [5.74, 6) is -0.629. The molecule has 2 aromatic rings. The molecule has 1 aliphatic rings. The predicted molar refractivity (Wildman–Crippen MR) is 75.4 cm³/mol. The molecule has 0 saturated heterocycles. The Morgan fingerprint density at radius 1 is 1.00 bits per heavy atom. The maximum absolute atomic E-state index is 12.9. The molecule has 1 aromatic carbocycles. The zero-order chi connectivity index (χ0) is 16.2. The molecule has 0 saturated carbocycles. The number of fused-ring (bicyclic) bond motifs is 1. The highest BCUT2D eigenvalue weighted by atomic mass is 32.5. The number of hydrogen-bond donors (Lipinski definition) is 1. The van der Waals surface area contributed by atoms with Gasteiger partial charge in [0.05, 0.1) is 0 Å². The normalized spacial score (nSPS) is 17.8. The summed E-state index contributed by atoms with van der Waals surface area (Å²) in [7, 11) is -9.78. The van der Waals surface area contributed by atoms with Crippen LogP contribution in [0.4, 0.5) is 19.4 Å². The predicted octanol–water partition coefficient (Wildman–Crippen LogP) is 5.41. The Balaban J connectivity index is 2.27. The number of hydrogen-bond acceptors (Lipinski definition) is 1. The highest BCUT2D eigenvalue weighted by molar-refractivity contribution is 8.45. The van der Waals surface area contributed by atoms with E-state index in [1.54, 1.807) is 24.3 Å². The van der Waals surface area contributed by atoms with Gasteiger partial charge in [-0.05, 0) is 41.3 Å². The minimum atomic E-state index is -9.78. The molecule has 1 heterocycles. The lowest BCUT2D eigenvalue weighted by Crippen LogP contribution is -2.05. The van der Waals surface area contributed by atoms with Gasteiger partial charge in [-0.2, -0.15) is 0 Å². The summed E-state index contributed by atoms with van der Waals surface area (Å²) in [4.78, 5) is 0.347. The summed E-state index contributed by atoms with van der Waals surface area (Å²) in [6.07, 6.45) is 8.02. The molecule has 0 fully saturated rings. The van der Waals surface area contributed by atoms with Gasteiger partial charge in [-0.1, -0.05) is 43.7 Å². The van der Waals surface area contributed by atoms with Gasteiger partial charge in [0.2, 0.25) is 0 Å². The van der Waals surface area contributed by atoms with Crippen molar-refractivity contribution >= 4 is 27.2 Å². The van der Waals surface area contributed by atoms with Crippen molar-refractivity contribution in [1.82, 2.24) is 4.98 Å². The van der Waals surface area contributed by atoms with Crippen LogP contribution in [0.1, 0.15) is 5.56 Å². The largest absolute Gasteiger partial charge is 0.860 e. The maximum atomic E-state index is 12.9. The van der Waals surface area contributed by atoms with Crippen LogP contribution >= 0.6 is 10.2 Å². The molecule has 1 N–H and O–H groups in total. The third-order valence-electron chi connectivity index (χ3n) is 3.22. The molecule has 22 heavy (non-hydrogen) atoms. The molecule has 0 radical (unpaired) electrons. The Morgan fingerprint density at radius 3 is 2.23 bits per heavy atom. The van der Waals surface area contributed by atoms with E-state index in [1.165, 1.54) is 6.08 Å². The summed E-state index contributed by atoms with van der Waals surface area (Å²) >= 11 is 0. The first-order valence-corrected chi connectivity index (χ1v) is 8.02. The highest BCUT2D eigenvalue weighted by Crippen LogP contribution is 3.02. The van der Waals surface area contributed by atoms with Gasteiger partial charge in [0.25, 0.3) is 0 Å². The number of halogens is 5. The Kier molecular flexibility index (Phi) is 2.51. The molecule has 0 amide bonds. The number of H-pyrrole nitrogens is 1. The lowest BCUT2D eigenvalue weighted by molar-refractivity contribution is -0.274. The number of rotatable bonds is 2. The van der Waals surface area contributed by atoms with Crippen LogP contribution in [0.3, 0.4) is 0 Å². The fourth-order valence-electron chi connectivity index (χ4n) is 2.20. The highest BCUT2D eigenvalue weighted by Gasteiger charge is 2.65. The van der Waals surface area contributed by atoms with Crippen LogP contribution in [0, 0.1) is 0 Å². The molecular weight excluding hydrogens is 325 g/mol. The van der Waals surface area contributed by atoms with E-state index in [2.05, 4.69) is 4.98 Å². The average molecular weight is 334 g/mol. The van der Waals surface area contributed by atoms with Crippen molar-refractivity contribution in [3.05, 3.63) is 53.6 Å². The van der Waals surface area contributed by atoms with E-state index in [0.29, 0.717) is 11.6 Å². The van der Waals surface area contributed by atoms with E-state index in [4.69, 9.17) is 0 Å². The minimum Gasteiger partial charge on any atom is -0.860 e. The molecule has 2 nitrogen and oxygen atoms in total. The maximum Gasteiger partial charge on any atom is 0.310 e. The average Bonchev–Trinajstić information content (AvgIpc) is 2.95. The molecule has 118 valence electrons. The summed E-state index contributed by atoms with van der Waals surface area (Å²) in [6.45, 7) is 0. The van der Waals surface area contributed by atoms with Crippen LogP contribution in [0.25, 0.3) is 17.0 Å². The summed E-state index contributed by atoms with van der Waals surface area (Å²) < 4.78 is 64.5. The number of nitrogens with one attached hydrogen (secondary N) is 1. The van der Waals surface area contributed by atoms with Crippen molar-refractivity contribution in [1.29, 1.82) is 0 Å². The zero-order valence-electron chi connectivity index (χ0n) is 10.8. The third-order valence-corrected chi connectivity index (χ3v) is 4.36.